The van der Waals surface area contributed by atoms with Gasteiger partial charge in [0.15, 0.2) is 0 Å². The van der Waals surface area contributed by atoms with Crippen molar-refractivity contribution in [1.82, 2.24) is 4.98 Å². The Balaban J connectivity index is 2.11. The molecule has 0 aliphatic heterocycles. The van der Waals surface area contributed by atoms with Crippen LogP contribution in [0.25, 0.3) is 0 Å². The Bertz CT molecular complexity index is 507. The maximum absolute atomic E-state index is 5.31. The molecular formula is C14H19N3O. The maximum atomic E-state index is 5.31. The molecule has 0 unspecified atom stereocenters. The molecule has 0 amide bonds. The van der Waals surface area contributed by atoms with Crippen molar-refractivity contribution in [2.24, 2.45) is 0 Å². The van der Waals surface area contributed by atoms with E-state index >= 15 is 0 Å². The van der Waals surface area contributed by atoms with Gasteiger partial charge < -0.3 is 14.6 Å². The lowest BCUT2D eigenvalue weighted by molar-refractivity contribution is 0.529. The highest BCUT2D eigenvalue weighted by Gasteiger charge is 2.07. The first-order chi connectivity index (χ1) is 8.70. The molecule has 0 aromatic carbocycles. The smallest absolute Gasteiger partial charge is 0.105 e. The van der Waals surface area contributed by atoms with Crippen molar-refractivity contribution in [2.75, 3.05) is 23.8 Å². The van der Waals surface area contributed by atoms with E-state index in [4.69, 9.17) is 4.42 Å². The monoisotopic (exact) mass is 245 g/mol. The number of anilines is 2. The molecule has 4 nitrogen and oxygen atoms in total. The number of nitrogens with one attached hydrogen (secondary N) is 1. The minimum Gasteiger partial charge on any atom is -0.469 e. The van der Waals surface area contributed by atoms with Gasteiger partial charge in [-0.05, 0) is 26.0 Å². The summed E-state index contributed by atoms with van der Waals surface area (Å²) in [6.07, 6.45) is 5.44. The molecule has 0 fully saturated rings. The second-order valence-electron chi connectivity index (χ2n) is 4.32. The number of nitrogens with zero attached hydrogens (tertiary/aromatic N) is 2. The van der Waals surface area contributed by atoms with Crippen molar-refractivity contribution in [3.05, 3.63) is 42.1 Å². The van der Waals surface area contributed by atoms with Crippen LogP contribution >= 0.6 is 0 Å². The molecule has 0 spiro atoms. The van der Waals surface area contributed by atoms with Gasteiger partial charge in [-0.25, -0.2) is 0 Å². The van der Waals surface area contributed by atoms with Crippen LogP contribution in [0, 0.1) is 6.92 Å². The number of rotatable bonds is 5. The van der Waals surface area contributed by atoms with Gasteiger partial charge >= 0.3 is 0 Å². The van der Waals surface area contributed by atoms with E-state index in [2.05, 4.69) is 35.2 Å². The molecule has 0 aliphatic carbocycles. The first kappa shape index (κ1) is 12.5. The molecule has 0 bridgehead atoms. The third-order valence-electron chi connectivity index (χ3n) is 2.92. The molecule has 2 aromatic rings. The lowest BCUT2D eigenvalue weighted by Gasteiger charge is -2.19. The lowest BCUT2D eigenvalue weighted by Crippen LogP contribution is -2.17. The van der Waals surface area contributed by atoms with E-state index in [9.17, 15) is 0 Å². The van der Waals surface area contributed by atoms with Crippen molar-refractivity contribution >= 4 is 11.4 Å². The molecule has 1 N–H and O–H groups in total. The third-order valence-corrected chi connectivity index (χ3v) is 2.92. The van der Waals surface area contributed by atoms with Gasteiger partial charge in [-0.15, -0.1) is 0 Å². The lowest BCUT2D eigenvalue weighted by atomic mass is 10.2. The van der Waals surface area contributed by atoms with E-state index in [-0.39, 0.29) is 0 Å². The van der Waals surface area contributed by atoms with Crippen LogP contribution in [0.1, 0.15) is 18.2 Å². The fourth-order valence-corrected chi connectivity index (χ4v) is 1.86. The van der Waals surface area contributed by atoms with E-state index in [0.717, 1.165) is 30.2 Å². The standard InChI is InChI=1S/C14H19N3O/c1-4-16-13-7-14(9-15-8-13)17(3)10-12-5-6-18-11(12)2/h5-9,16H,4,10H2,1-3H3. The summed E-state index contributed by atoms with van der Waals surface area (Å²) in [6, 6.07) is 4.11. The molecule has 0 saturated heterocycles. The van der Waals surface area contributed by atoms with E-state index < -0.39 is 0 Å². The fourth-order valence-electron chi connectivity index (χ4n) is 1.86. The predicted molar refractivity (Wildman–Crippen MR) is 74.0 cm³/mol. The van der Waals surface area contributed by atoms with Crippen molar-refractivity contribution in [2.45, 2.75) is 20.4 Å². The number of hydrogen-bond acceptors (Lipinski definition) is 4. The van der Waals surface area contributed by atoms with Gasteiger partial charge in [-0.2, -0.15) is 0 Å². The largest absolute Gasteiger partial charge is 0.469 e. The molecule has 2 rings (SSSR count). The molecule has 4 heteroatoms. The Labute approximate surface area is 108 Å². The average molecular weight is 245 g/mol. The topological polar surface area (TPSA) is 41.3 Å². The molecule has 0 radical (unpaired) electrons. The molecule has 0 atom stereocenters. The summed E-state index contributed by atoms with van der Waals surface area (Å²) in [5.41, 5.74) is 3.34. The second-order valence-corrected chi connectivity index (χ2v) is 4.32. The number of hydrogen-bond donors (Lipinski definition) is 1. The van der Waals surface area contributed by atoms with Gasteiger partial charge in [0.05, 0.1) is 30.0 Å². The number of aromatic nitrogens is 1. The van der Waals surface area contributed by atoms with Crippen molar-refractivity contribution in [3.63, 3.8) is 0 Å². The highest BCUT2D eigenvalue weighted by atomic mass is 16.3. The van der Waals surface area contributed by atoms with Crippen LogP contribution in [0.5, 0.6) is 0 Å². The molecule has 0 aliphatic rings. The number of pyridine rings is 1. The van der Waals surface area contributed by atoms with Crippen molar-refractivity contribution in [1.29, 1.82) is 0 Å². The van der Waals surface area contributed by atoms with Crippen molar-refractivity contribution < 1.29 is 4.42 Å². The van der Waals surface area contributed by atoms with Gasteiger partial charge in [0, 0.05) is 25.7 Å². The SMILES string of the molecule is CCNc1cncc(N(C)Cc2ccoc2C)c1. The Morgan fingerprint density at radius 3 is 2.89 bits per heavy atom. The Morgan fingerprint density at radius 2 is 2.22 bits per heavy atom. The summed E-state index contributed by atoms with van der Waals surface area (Å²) in [5.74, 6) is 0.970. The highest BCUT2D eigenvalue weighted by molar-refractivity contribution is 5.55. The summed E-state index contributed by atoms with van der Waals surface area (Å²) < 4.78 is 5.31. The molecular weight excluding hydrogens is 226 g/mol. The first-order valence-electron chi connectivity index (χ1n) is 6.13. The molecule has 2 heterocycles. The Hall–Kier alpha value is -1.97. The number of furan rings is 1. The van der Waals surface area contributed by atoms with Crippen LogP contribution in [0.15, 0.2) is 35.2 Å². The van der Waals surface area contributed by atoms with Gasteiger partial charge in [0.25, 0.3) is 0 Å². The summed E-state index contributed by atoms with van der Waals surface area (Å²) in [6.45, 7) is 5.77. The average Bonchev–Trinajstić information content (AvgIpc) is 2.76. The zero-order chi connectivity index (χ0) is 13.0. The second kappa shape index (κ2) is 5.58. The zero-order valence-electron chi connectivity index (χ0n) is 11.1. The van der Waals surface area contributed by atoms with Gasteiger partial charge in [-0.3, -0.25) is 4.98 Å². The minimum absolute atomic E-state index is 0.819. The third kappa shape index (κ3) is 2.83. The Kier molecular flexibility index (Phi) is 3.87. The van der Waals surface area contributed by atoms with Crippen molar-refractivity contribution in [3.8, 4) is 0 Å². The molecule has 2 aromatic heterocycles. The zero-order valence-corrected chi connectivity index (χ0v) is 11.1. The van der Waals surface area contributed by atoms with Crippen LogP contribution in [0.2, 0.25) is 0 Å². The normalized spacial score (nSPS) is 10.4. The molecule has 96 valence electrons. The number of aryl methyl sites for hydroxylation is 1. The Morgan fingerprint density at radius 1 is 1.39 bits per heavy atom. The molecule has 18 heavy (non-hydrogen) atoms. The first-order valence-corrected chi connectivity index (χ1v) is 6.13. The quantitative estimate of drug-likeness (QED) is 0.879. The summed E-state index contributed by atoms with van der Waals surface area (Å²) in [5, 5.41) is 3.27. The van der Waals surface area contributed by atoms with Crippen LogP contribution in [-0.4, -0.2) is 18.6 Å². The van der Waals surface area contributed by atoms with Gasteiger partial charge in [0.2, 0.25) is 0 Å². The van der Waals surface area contributed by atoms with Gasteiger partial charge in [0.1, 0.15) is 5.76 Å². The predicted octanol–water partition coefficient (Wildman–Crippen LogP) is 3.05. The molecule has 0 saturated carbocycles. The van der Waals surface area contributed by atoms with E-state index in [1.54, 1.807) is 6.26 Å². The summed E-state index contributed by atoms with van der Waals surface area (Å²) >= 11 is 0. The minimum atomic E-state index is 0.819. The van der Waals surface area contributed by atoms with E-state index in [0.29, 0.717) is 0 Å². The highest BCUT2D eigenvalue weighted by Crippen LogP contribution is 2.20. The van der Waals surface area contributed by atoms with Crippen LogP contribution < -0.4 is 10.2 Å². The van der Waals surface area contributed by atoms with E-state index in [1.807, 2.05) is 25.4 Å². The summed E-state index contributed by atoms with van der Waals surface area (Å²) in [4.78, 5) is 6.41. The maximum Gasteiger partial charge on any atom is 0.105 e. The van der Waals surface area contributed by atoms with E-state index in [1.165, 1.54) is 5.56 Å². The van der Waals surface area contributed by atoms with Crippen LogP contribution in [0.3, 0.4) is 0 Å². The van der Waals surface area contributed by atoms with Crippen LogP contribution in [-0.2, 0) is 6.54 Å². The van der Waals surface area contributed by atoms with Crippen LogP contribution in [0.4, 0.5) is 11.4 Å². The van der Waals surface area contributed by atoms with Gasteiger partial charge in [-0.1, -0.05) is 0 Å². The summed E-state index contributed by atoms with van der Waals surface area (Å²) in [7, 11) is 2.05. The fraction of sp³-hybridized carbons (Fsp3) is 0.357.